The van der Waals surface area contributed by atoms with Gasteiger partial charge in [-0.3, -0.25) is 9.69 Å². The molecule has 0 saturated carbocycles. The van der Waals surface area contributed by atoms with E-state index in [9.17, 15) is 4.79 Å². The Hall–Kier alpha value is -0.260. The van der Waals surface area contributed by atoms with Crippen LogP contribution >= 0.6 is 11.8 Å². The summed E-state index contributed by atoms with van der Waals surface area (Å²) < 4.78 is 0. The lowest BCUT2D eigenvalue weighted by atomic mass is 9.98. The smallest absolute Gasteiger partial charge is 0.222 e. The first kappa shape index (κ1) is 16.6. The van der Waals surface area contributed by atoms with E-state index in [0.717, 1.165) is 19.5 Å². The Bertz CT molecular complexity index is 365. The van der Waals surface area contributed by atoms with Crippen LogP contribution in [-0.2, 0) is 4.79 Å². The van der Waals surface area contributed by atoms with Crippen LogP contribution in [0, 0.1) is 5.92 Å². The Kier molecular flexibility index (Phi) is 6.05. The fraction of sp³-hybridized carbons (Fsp3) is 0.941. The first-order valence-corrected chi connectivity index (χ1v) is 10.2. The second kappa shape index (κ2) is 8.02. The lowest BCUT2D eigenvalue weighted by Gasteiger charge is -2.37. The molecule has 0 aromatic heterocycles. The molecule has 0 N–H and O–H groups in total. The minimum atomic E-state index is 0.423. The number of carbonyl (C=O) groups is 1. The molecule has 3 rings (SSSR count). The molecule has 3 fully saturated rings. The molecular weight excluding hydrogens is 294 g/mol. The van der Waals surface area contributed by atoms with Crippen LogP contribution in [0.2, 0.25) is 0 Å². The molecule has 0 aromatic rings. The van der Waals surface area contributed by atoms with Crippen molar-refractivity contribution in [1.82, 2.24) is 14.7 Å². The molecule has 22 heavy (non-hydrogen) atoms. The van der Waals surface area contributed by atoms with Crippen molar-refractivity contribution in [3.05, 3.63) is 0 Å². The number of hydrogen-bond acceptors (Lipinski definition) is 4. The van der Waals surface area contributed by atoms with Crippen LogP contribution in [0.4, 0.5) is 0 Å². The summed E-state index contributed by atoms with van der Waals surface area (Å²) in [6, 6.07) is 0.616. The van der Waals surface area contributed by atoms with Crippen LogP contribution in [0.3, 0.4) is 0 Å². The van der Waals surface area contributed by atoms with Crippen LogP contribution in [-0.4, -0.2) is 84.0 Å². The van der Waals surface area contributed by atoms with Gasteiger partial charge in [-0.2, -0.15) is 11.8 Å². The molecule has 1 atom stereocenters. The van der Waals surface area contributed by atoms with Crippen molar-refractivity contribution in [2.45, 2.75) is 38.6 Å². The van der Waals surface area contributed by atoms with Gasteiger partial charge in [0.1, 0.15) is 0 Å². The van der Waals surface area contributed by atoms with Crippen molar-refractivity contribution in [3.8, 4) is 0 Å². The largest absolute Gasteiger partial charge is 0.341 e. The van der Waals surface area contributed by atoms with E-state index < -0.39 is 0 Å². The number of piperazine rings is 1. The number of amides is 1. The monoisotopic (exact) mass is 325 g/mol. The highest BCUT2D eigenvalue weighted by atomic mass is 32.2. The van der Waals surface area contributed by atoms with Gasteiger partial charge in [-0.05, 0) is 43.2 Å². The topological polar surface area (TPSA) is 26.8 Å². The molecule has 0 bridgehead atoms. The van der Waals surface area contributed by atoms with Gasteiger partial charge in [-0.15, -0.1) is 0 Å². The quantitative estimate of drug-likeness (QED) is 0.787. The molecule has 0 aliphatic carbocycles. The van der Waals surface area contributed by atoms with Crippen LogP contribution in [0.5, 0.6) is 0 Å². The van der Waals surface area contributed by atoms with Gasteiger partial charge in [0.15, 0.2) is 0 Å². The van der Waals surface area contributed by atoms with E-state index in [1.807, 2.05) is 11.8 Å². The third-order valence-electron chi connectivity index (χ3n) is 5.69. The van der Waals surface area contributed by atoms with Crippen LogP contribution in [0.15, 0.2) is 0 Å². The first-order chi connectivity index (χ1) is 10.8. The van der Waals surface area contributed by atoms with Crippen molar-refractivity contribution >= 4 is 17.7 Å². The summed E-state index contributed by atoms with van der Waals surface area (Å²) in [5.41, 5.74) is 0. The summed E-state index contributed by atoms with van der Waals surface area (Å²) in [6.07, 6.45) is 4.47. The number of likely N-dealkylation sites (N-methyl/N-ethyl adjacent to an activating group) is 1. The standard InChI is InChI=1S/C17H31N3OS/c1-2-18-7-9-19(10-8-18)16-3-6-20(14-16)17(21)13-15-4-11-22-12-5-15/h15-16H,2-14H2,1H3. The van der Waals surface area contributed by atoms with Gasteiger partial charge in [-0.25, -0.2) is 0 Å². The van der Waals surface area contributed by atoms with Crippen molar-refractivity contribution < 1.29 is 4.79 Å². The number of thioether (sulfide) groups is 1. The van der Waals surface area contributed by atoms with E-state index in [-0.39, 0.29) is 0 Å². The maximum atomic E-state index is 12.5. The second-order valence-corrected chi connectivity index (χ2v) is 8.24. The van der Waals surface area contributed by atoms with E-state index in [0.29, 0.717) is 17.9 Å². The zero-order valence-electron chi connectivity index (χ0n) is 14.0. The fourth-order valence-corrected chi connectivity index (χ4v) is 5.24. The van der Waals surface area contributed by atoms with Gasteiger partial charge in [0.25, 0.3) is 0 Å². The van der Waals surface area contributed by atoms with Gasteiger partial charge >= 0.3 is 0 Å². The molecular formula is C17H31N3OS. The number of carbonyl (C=O) groups excluding carboxylic acids is 1. The van der Waals surface area contributed by atoms with E-state index in [4.69, 9.17) is 0 Å². The summed E-state index contributed by atoms with van der Waals surface area (Å²) in [4.78, 5) is 19.8. The average Bonchev–Trinajstić information content (AvgIpc) is 3.06. The van der Waals surface area contributed by atoms with Crippen molar-refractivity contribution in [1.29, 1.82) is 0 Å². The molecule has 4 nitrogen and oxygen atoms in total. The van der Waals surface area contributed by atoms with Gasteiger partial charge < -0.3 is 9.80 Å². The predicted octanol–water partition coefficient (Wildman–Crippen LogP) is 1.76. The third-order valence-corrected chi connectivity index (χ3v) is 6.74. The maximum absolute atomic E-state index is 12.5. The highest BCUT2D eigenvalue weighted by molar-refractivity contribution is 7.99. The highest BCUT2D eigenvalue weighted by Gasteiger charge is 2.32. The van der Waals surface area contributed by atoms with Crippen molar-refractivity contribution in [2.75, 3.05) is 57.3 Å². The number of likely N-dealkylation sites (tertiary alicyclic amines) is 1. The van der Waals surface area contributed by atoms with Gasteiger partial charge in [-0.1, -0.05) is 6.92 Å². The molecule has 126 valence electrons. The lowest BCUT2D eigenvalue weighted by molar-refractivity contribution is -0.131. The Morgan fingerprint density at radius 1 is 1.05 bits per heavy atom. The highest BCUT2D eigenvalue weighted by Crippen LogP contribution is 2.27. The first-order valence-electron chi connectivity index (χ1n) is 9.08. The van der Waals surface area contributed by atoms with E-state index in [2.05, 4.69) is 21.6 Å². The van der Waals surface area contributed by atoms with Crippen molar-refractivity contribution in [2.24, 2.45) is 5.92 Å². The van der Waals surface area contributed by atoms with Crippen LogP contribution in [0.1, 0.15) is 32.6 Å². The van der Waals surface area contributed by atoms with E-state index >= 15 is 0 Å². The molecule has 0 radical (unpaired) electrons. The lowest BCUT2D eigenvalue weighted by Crippen LogP contribution is -2.51. The zero-order chi connectivity index (χ0) is 15.4. The van der Waals surface area contributed by atoms with Crippen LogP contribution < -0.4 is 0 Å². The second-order valence-electron chi connectivity index (χ2n) is 7.01. The van der Waals surface area contributed by atoms with Crippen molar-refractivity contribution in [3.63, 3.8) is 0 Å². The summed E-state index contributed by atoms with van der Waals surface area (Å²) >= 11 is 2.04. The SMILES string of the molecule is CCN1CCN(C2CCN(C(=O)CC3CCSCC3)C2)CC1. The van der Waals surface area contributed by atoms with Gasteiger partial charge in [0.05, 0.1) is 0 Å². The summed E-state index contributed by atoms with van der Waals surface area (Å²) in [6.45, 7) is 10.1. The third kappa shape index (κ3) is 4.18. The summed E-state index contributed by atoms with van der Waals surface area (Å²) in [7, 11) is 0. The molecule has 1 amide bonds. The van der Waals surface area contributed by atoms with Gasteiger partial charge in [0, 0.05) is 51.7 Å². The number of rotatable bonds is 4. The molecule has 3 saturated heterocycles. The minimum absolute atomic E-state index is 0.423. The Morgan fingerprint density at radius 3 is 2.45 bits per heavy atom. The number of hydrogen-bond donors (Lipinski definition) is 0. The number of nitrogens with zero attached hydrogens (tertiary/aromatic N) is 3. The van der Waals surface area contributed by atoms with Gasteiger partial charge in [0.2, 0.25) is 5.91 Å². The molecule has 3 aliphatic heterocycles. The maximum Gasteiger partial charge on any atom is 0.222 e. The summed E-state index contributed by atoms with van der Waals surface area (Å²) in [5, 5.41) is 0. The molecule has 3 heterocycles. The molecule has 1 unspecified atom stereocenters. The molecule has 5 heteroatoms. The predicted molar refractivity (Wildman–Crippen MR) is 93.3 cm³/mol. The normalized spacial score (nSPS) is 29.1. The zero-order valence-corrected chi connectivity index (χ0v) is 14.8. The molecule has 0 spiro atoms. The Morgan fingerprint density at radius 2 is 1.77 bits per heavy atom. The summed E-state index contributed by atoms with van der Waals surface area (Å²) in [5.74, 6) is 3.58. The van der Waals surface area contributed by atoms with Crippen LogP contribution in [0.25, 0.3) is 0 Å². The average molecular weight is 326 g/mol. The fourth-order valence-electron chi connectivity index (χ4n) is 4.04. The van der Waals surface area contributed by atoms with E-state index in [1.165, 1.54) is 63.5 Å². The van der Waals surface area contributed by atoms with E-state index in [1.54, 1.807) is 0 Å². The Balaban J connectivity index is 1.42. The Labute approximate surface area is 139 Å². The minimum Gasteiger partial charge on any atom is -0.341 e. The molecule has 0 aromatic carbocycles. The molecule has 3 aliphatic rings.